The molecule has 1 aliphatic heterocycles. The van der Waals surface area contributed by atoms with Gasteiger partial charge in [0.15, 0.2) is 0 Å². The molecule has 0 aromatic rings. The molecule has 1 aliphatic rings. The summed E-state index contributed by atoms with van der Waals surface area (Å²) in [6, 6.07) is 0. The third kappa shape index (κ3) is 3.76. The number of nitrogens with zero attached hydrogens (tertiary/aromatic N) is 2. The van der Waals surface area contributed by atoms with Gasteiger partial charge in [0.05, 0.1) is 5.92 Å². The van der Waals surface area contributed by atoms with Crippen LogP contribution in [0, 0.1) is 5.92 Å². The zero-order valence-electron chi connectivity index (χ0n) is 10.9. The number of carboxylic acid groups (broad SMARTS) is 1. The van der Waals surface area contributed by atoms with Gasteiger partial charge in [-0.15, -0.1) is 0 Å². The molecular formula is C12H24N2O2. The van der Waals surface area contributed by atoms with Gasteiger partial charge in [-0.25, -0.2) is 0 Å². The lowest BCUT2D eigenvalue weighted by Gasteiger charge is -2.42. The van der Waals surface area contributed by atoms with Crippen LogP contribution in [0.25, 0.3) is 0 Å². The van der Waals surface area contributed by atoms with Gasteiger partial charge in [-0.3, -0.25) is 14.6 Å². The van der Waals surface area contributed by atoms with E-state index in [1.54, 1.807) is 6.92 Å². The molecule has 1 atom stereocenters. The number of aliphatic carboxylic acids is 1. The predicted octanol–water partition coefficient (Wildman–Crippen LogP) is 1.12. The first-order valence-electron chi connectivity index (χ1n) is 6.01. The Labute approximate surface area is 98.2 Å². The summed E-state index contributed by atoms with van der Waals surface area (Å²) in [7, 11) is 0. The minimum atomic E-state index is -0.696. The van der Waals surface area contributed by atoms with Crippen molar-refractivity contribution in [2.75, 3.05) is 32.7 Å². The fraction of sp³-hybridized carbons (Fsp3) is 0.917. The predicted molar refractivity (Wildman–Crippen MR) is 64.6 cm³/mol. The van der Waals surface area contributed by atoms with E-state index in [4.69, 9.17) is 5.11 Å². The van der Waals surface area contributed by atoms with Crippen molar-refractivity contribution in [1.82, 2.24) is 9.80 Å². The molecule has 1 unspecified atom stereocenters. The van der Waals surface area contributed by atoms with Crippen molar-refractivity contribution in [1.29, 1.82) is 0 Å². The van der Waals surface area contributed by atoms with E-state index in [2.05, 4.69) is 30.6 Å². The number of hydrogen-bond acceptors (Lipinski definition) is 3. The second-order valence-corrected chi connectivity index (χ2v) is 5.70. The minimum absolute atomic E-state index is 0.227. The van der Waals surface area contributed by atoms with Crippen LogP contribution in [0.15, 0.2) is 0 Å². The molecule has 0 radical (unpaired) electrons. The smallest absolute Gasteiger partial charge is 0.307 e. The lowest BCUT2D eigenvalue weighted by Crippen LogP contribution is -2.54. The molecule has 4 nitrogen and oxygen atoms in total. The van der Waals surface area contributed by atoms with Crippen LogP contribution in [0.1, 0.15) is 27.7 Å². The molecule has 0 bridgehead atoms. The molecule has 0 aromatic heterocycles. The average Bonchev–Trinajstić information content (AvgIpc) is 2.17. The van der Waals surface area contributed by atoms with Gasteiger partial charge in [-0.1, -0.05) is 6.92 Å². The zero-order valence-corrected chi connectivity index (χ0v) is 10.9. The summed E-state index contributed by atoms with van der Waals surface area (Å²) >= 11 is 0. The first kappa shape index (κ1) is 13.5. The van der Waals surface area contributed by atoms with Gasteiger partial charge in [-0.2, -0.15) is 0 Å². The van der Waals surface area contributed by atoms with Crippen LogP contribution in [0.2, 0.25) is 0 Å². The quantitative estimate of drug-likeness (QED) is 0.786. The van der Waals surface area contributed by atoms with Crippen molar-refractivity contribution >= 4 is 5.97 Å². The summed E-state index contributed by atoms with van der Waals surface area (Å²) in [6.07, 6.45) is 0. The number of piperazine rings is 1. The first-order chi connectivity index (χ1) is 7.30. The van der Waals surface area contributed by atoms with E-state index in [1.807, 2.05) is 0 Å². The Kier molecular flexibility index (Phi) is 4.33. The van der Waals surface area contributed by atoms with E-state index in [1.165, 1.54) is 0 Å². The van der Waals surface area contributed by atoms with Crippen molar-refractivity contribution in [3.05, 3.63) is 0 Å². The molecule has 0 saturated carbocycles. The molecule has 1 heterocycles. The Morgan fingerprint density at radius 2 is 1.75 bits per heavy atom. The lowest BCUT2D eigenvalue weighted by atomic mass is 10.0. The molecule has 1 rings (SSSR count). The lowest BCUT2D eigenvalue weighted by molar-refractivity contribution is -0.142. The van der Waals surface area contributed by atoms with Crippen molar-refractivity contribution in [3.8, 4) is 0 Å². The fourth-order valence-corrected chi connectivity index (χ4v) is 2.07. The molecule has 0 spiro atoms. The van der Waals surface area contributed by atoms with E-state index in [0.717, 1.165) is 26.2 Å². The summed E-state index contributed by atoms with van der Waals surface area (Å²) in [4.78, 5) is 15.5. The SMILES string of the molecule is CC(CN1CCN(C(C)(C)C)CC1)C(=O)O. The van der Waals surface area contributed by atoms with E-state index in [9.17, 15) is 4.79 Å². The normalized spacial score (nSPS) is 22.0. The van der Waals surface area contributed by atoms with Crippen molar-refractivity contribution in [3.63, 3.8) is 0 Å². The highest BCUT2D eigenvalue weighted by Crippen LogP contribution is 2.16. The molecule has 94 valence electrons. The van der Waals surface area contributed by atoms with Gasteiger partial charge in [0.2, 0.25) is 0 Å². The summed E-state index contributed by atoms with van der Waals surface area (Å²) in [5, 5.41) is 8.86. The molecule has 1 fully saturated rings. The zero-order chi connectivity index (χ0) is 12.3. The van der Waals surface area contributed by atoms with Crippen LogP contribution in [-0.2, 0) is 4.79 Å². The molecule has 4 heteroatoms. The Morgan fingerprint density at radius 1 is 1.25 bits per heavy atom. The largest absolute Gasteiger partial charge is 0.481 e. The summed E-state index contributed by atoms with van der Waals surface area (Å²) in [6.45, 7) is 13.2. The highest BCUT2D eigenvalue weighted by Gasteiger charge is 2.26. The van der Waals surface area contributed by atoms with Crippen LogP contribution in [0.4, 0.5) is 0 Å². The Balaban J connectivity index is 2.35. The summed E-state index contributed by atoms with van der Waals surface area (Å²) in [5.41, 5.74) is 0.227. The maximum Gasteiger partial charge on any atom is 0.307 e. The molecule has 0 aliphatic carbocycles. The van der Waals surface area contributed by atoms with Gasteiger partial charge in [0.25, 0.3) is 0 Å². The number of hydrogen-bond donors (Lipinski definition) is 1. The highest BCUT2D eigenvalue weighted by atomic mass is 16.4. The maximum atomic E-state index is 10.8. The van der Waals surface area contributed by atoms with E-state index >= 15 is 0 Å². The molecule has 1 N–H and O–H groups in total. The van der Waals surface area contributed by atoms with Gasteiger partial charge in [-0.05, 0) is 20.8 Å². The standard InChI is InChI=1S/C12H24N2O2/c1-10(11(15)16)9-13-5-7-14(8-6-13)12(2,3)4/h10H,5-9H2,1-4H3,(H,15,16). The van der Waals surface area contributed by atoms with Gasteiger partial charge < -0.3 is 5.11 Å². The van der Waals surface area contributed by atoms with Gasteiger partial charge in [0.1, 0.15) is 0 Å². The van der Waals surface area contributed by atoms with Crippen molar-refractivity contribution < 1.29 is 9.90 Å². The monoisotopic (exact) mass is 228 g/mol. The Bertz CT molecular complexity index is 240. The van der Waals surface area contributed by atoms with Crippen LogP contribution >= 0.6 is 0 Å². The number of rotatable bonds is 3. The Hall–Kier alpha value is -0.610. The van der Waals surface area contributed by atoms with Crippen LogP contribution in [0.3, 0.4) is 0 Å². The molecular weight excluding hydrogens is 204 g/mol. The van der Waals surface area contributed by atoms with Crippen molar-refractivity contribution in [2.24, 2.45) is 5.92 Å². The second-order valence-electron chi connectivity index (χ2n) is 5.70. The topological polar surface area (TPSA) is 43.8 Å². The van der Waals surface area contributed by atoms with Crippen LogP contribution in [0.5, 0.6) is 0 Å². The average molecular weight is 228 g/mol. The highest BCUT2D eigenvalue weighted by molar-refractivity contribution is 5.69. The summed E-state index contributed by atoms with van der Waals surface area (Å²) in [5.74, 6) is -0.959. The molecule has 0 amide bonds. The summed E-state index contributed by atoms with van der Waals surface area (Å²) < 4.78 is 0. The third-order valence-electron chi connectivity index (χ3n) is 3.27. The van der Waals surface area contributed by atoms with Crippen molar-refractivity contribution in [2.45, 2.75) is 33.2 Å². The van der Waals surface area contributed by atoms with Gasteiger partial charge >= 0.3 is 5.97 Å². The number of carbonyl (C=O) groups is 1. The molecule has 1 saturated heterocycles. The first-order valence-corrected chi connectivity index (χ1v) is 6.01. The van der Waals surface area contributed by atoms with Gasteiger partial charge in [0, 0.05) is 38.3 Å². The number of carboxylic acids is 1. The van der Waals surface area contributed by atoms with Crippen LogP contribution in [-0.4, -0.2) is 59.1 Å². The minimum Gasteiger partial charge on any atom is -0.481 e. The molecule has 0 aromatic carbocycles. The van der Waals surface area contributed by atoms with Crippen LogP contribution < -0.4 is 0 Å². The van der Waals surface area contributed by atoms with E-state index < -0.39 is 5.97 Å². The molecule has 16 heavy (non-hydrogen) atoms. The van der Waals surface area contributed by atoms with E-state index in [0.29, 0.717) is 6.54 Å². The Morgan fingerprint density at radius 3 is 2.12 bits per heavy atom. The maximum absolute atomic E-state index is 10.8. The third-order valence-corrected chi connectivity index (χ3v) is 3.27. The fourth-order valence-electron chi connectivity index (χ4n) is 2.07. The van der Waals surface area contributed by atoms with E-state index in [-0.39, 0.29) is 11.5 Å². The second kappa shape index (κ2) is 5.15.